The van der Waals surface area contributed by atoms with Crippen molar-refractivity contribution in [3.05, 3.63) is 35.9 Å². The Hall–Kier alpha value is -1.15. The van der Waals surface area contributed by atoms with Crippen LogP contribution in [0, 0.1) is 0 Å². The molecule has 1 aromatic rings. The summed E-state index contributed by atoms with van der Waals surface area (Å²) in [6.07, 6.45) is 2.93. The summed E-state index contributed by atoms with van der Waals surface area (Å²) in [5.41, 5.74) is 0.904. The molecule has 130 valence electrons. The van der Waals surface area contributed by atoms with Crippen molar-refractivity contribution in [1.82, 2.24) is 15.4 Å². The quantitative estimate of drug-likeness (QED) is 0.670. The summed E-state index contributed by atoms with van der Waals surface area (Å²) in [7, 11) is -3.39. The normalized spacial score (nSPS) is 18.0. The van der Waals surface area contributed by atoms with E-state index in [1.54, 1.807) is 0 Å². The number of carbonyl (C=O) groups excluding carboxylic acids is 1. The van der Waals surface area contributed by atoms with Gasteiger partial charge in [0.15, 0.2) is 0 Å². The van der Waals surface area contributed by atoms with Crippen LogP contribution in [0.15, 0.2) is 30.3 Å². The van der Waals surface area contributed by atoms with Gasteiger partial charge in [0.1, 0.15) is 0 Å². The standard InChI is InChI=1S/C15H23N3O3S.ClH/c19-15(14-8-4-5-9-16-14)17-10-11-22(20,21)18-12-13-6-2-1-3-7-13;/h1-3,6-7,14,16,18H,4-5,8-12H2,(H,17,19);1H. The zero-order valence-electron chi connectivity index (χ0n) is 13.0. The van der Waals surface area contributed by atoms with E-state index in [4.69, 9.17) is 0 Å². The molecule has 1 unspecified atom stereocenters. The topological polar surface area (TPSA) is 87.3 Å². The van der Waals surface area contributed by atoms with Gasteiger partial charge in [0, 0.05) is 13.1 Å². The lowest BCUT2D eigenvalue weighted by molar-refractivity contribution is -0.123. The molecule has 8 heteroatoms. The molecule has 1 amide bonds. The van der Waals surface area contributed by atoms with E-state index in [0.29, 0.717) is 0 Å². The predicted octanol–water partition coefficient (Wildman–Crippen LogP) is 0.786. The Morgan fingerprint density at radius 3 is 2.61 bits per heavy atom. The number of rotatable bonds is 7. The Labute approximate surface area is 143 Å². The highest BCUT2D eigenvalue weighted by Gasteiger charge is 2.20. The Balaban J connectivity index is 0.00000264. The van der Waals surface area contributed by atoms with Gasteiger partial charge in [-0.3, -0.25) is 4.79 Å². The molecule has 0 saturated carbocycles. The first-order chi connectivity index (χ1) is 10.6. The first-order valence-corrected chi connectivity index (χ1v) is 9.24. The Kier molecular flexibility index (Phi) is 8.54. The van der Waals surface area contributed by atoms with Crippen LogP contribution >= 0.6 is 12.4 Å². The average molecular weight is 362 g/mol. The van der Waals surface area contributed by atoms with Crippen molar-refractivity contribution in [2.24, 2.45) is 0 Å². The van der Waals surface area contributed by atoms with Crippen molar-refractivity contribution in [3.8, 4) is 0 Å². The molecule has 3 N–H and O–H groups in total. The van der Waals surface area contributed by atoms with E-state index in [0.717, 1.165) is 31.4 Å². The summed E-state index contributed by atoms with van der Waals surface area (Å²) in [5.74, 6) is -0.226. The second-order valence-corrected chi connectivity index (χ2v) is 7.35. The Morgan fingerprint density at radius 2 is 1.96 bits per heavy atom. The van der Waals surface area contributed by atoms with E-state index >= 15 is 0 Å². The van der Waals surface area contributed by atoms with Gasteiger partial charge in [0.2, 0.25) is 15.9 Å². The monoisotopic (exact) mass is 361 g/mol. The van der Waals surface area contributed by atoms with Gasteiger partial charge in [0.25, 0.3) is 0 Å². The molecule has 0 radical (unpaired) electrons. The number of benzene rings is 1. The first-order valence-electron chi connectivity index (χ1n) is 7.59. The summed E-state index contributed by atoms with van der Waals surface area (Å²) in [4.78, 5) is 11.9. The van der Waals surface area contributed by atoms with Crippen LogP contribution in [-0.2, 0) is 21.4 Å². The third-order valence-corrected chi connectivity index (χ3v) is 4.96. The number of piperidine rings is 1. The molecule has 0 aromatic heterocycles. The van der Waals surface area contributed by atoms with Crippen LogP contribution in [0.3, 0.4) is 0 Å². The summed E-state index contributed by atoms with van der Waals surface area (Å²) < 4.78 is 26.3. The van der Waals surface area contributed by atoms with Crippen LogP contribution in [-0.4, -0.2) is 39.2 Å². The largest absolute Gasteiger partial charge is 0.354 e. The van der Waals surface area contributed by atoms with E-state index in [-0.39, 0.29) is 43.2 Å². The van der Waals surface area contributed by atoms with Crippen molar-refractivity contribution >= 4 is 28.3 Å². The predicted molar refractivity (Wildman–Crippen MR) is 93.0 cm³/mol. The minimum Gasteiger partial charge on any atom is -0.354 e. The molecule has 0 aliphatic carbocycles. The molecular weight excluding hydrogens is 338 g/mol. The van der Waals surface area contributed by atoms with Gasteiger partial charge in [0.05, 0.1) is 11.8 Å². The molecule has 1 aliphatic rings. The molecule has 23 heavy (non-hydrogen) atoms. The number of nitrogens with one attached hydrogen (secondary N) is 3. The number of halogens is 1. The minimum absolute atomic E-state index is 0. The van der Waals surface area contributed by atoms with Crippen LogP contribution in [0.4, 0.5) is 0 Å². The van der Waals surface area contributed by atoms with E-state index in [1.807, 2.05) is 30.3 Å². The zero-order chi connectivity index (χ0) is 15.8. The van der Waals surface area contributed by atoms with Crippen LogP contribution in [0.2, 0.25) is 0 Å². The molecule has 1 heterocycles. The van der Waals surface area contributed by atoms with E-state index in [2.05, 4.69) is 15.4 Å². The lowest BCUT2D eigenvalue weighted by atomic mass is 10.0. The number of hydrogen-bond acceptors (Lipinski definition) is 4. The van der Waals surface area contributed by atoms with Gasteiger partial charge < -0.3 is 10.6 Å². The van der Waals surface area contributed by atoms with Crippen LogP contribution < -0.4 is 15.4 Å². The van der Waals surface area contributed by atoms with Gasteiger partial charge in [-0.2, -0.15) is 0 Å². The molecule has 6 nitrogen and oxygen atoms in total. The maximum absolute atomic E-state index is 11.9. The molecular formula is C15H24ClN3O3S. The van der Waals surface area contributed by atoms with Crippen molar-refractivity contribution in [3.63, 3.8) is 0 Å². The first kappa shape index (κ1) is 19.9. The van der Waals surface area contributed by atoms with Gasteiger partial charge in [-0.25, -0.2) is 13.1 Å². The van der Waals surface area contributed by atoms with E-state index in [1.165, 1.54) is 0 Å². The molecule has 1 aromatic carbocycles. The number of carbonyl (C=O) groups is 1. The fraction of sp³-hybridized carbons (Fsp3) is 0.533. The molecule has 0 spiro atoms. The third-order valence-electron chi connectivity index (χ3n) is 3.64. The highest BCUT2D eigenvalue weighted by molar-refractivity contribution is 7.89. The zero-order valence-corrected chi connectivity index (χ0v) is 14.6. The second-order valence-electron chi connectivity index (χ2n) is 5.42. The maximum atomic E-state index is 11.9. The smallest absolute Gasteiger partial charge is 0.237 e. The molecule has 2 rings (SSSR count). The molecule has 1 saturated heterocycles. The summed E-state index contributed by atoms with van der Waals surface area (Å²) >= 11 is 0. The summed E-state index contributed by atoms with van der Waals surface area (Å²) in [6.45, 7) is 1.23. The van der Waals surface area contributed by atoms with Crippen molar-refractivity contribution < 1.29 is 13.2 Å². The maximum Gasteiger partial charge on any atom is 0.237 e. The van der Waals surface area contributed by atoms with Gasteiger partial charge >= 0.3 is 0 Å². The van der Waals surface area contributed by atoms with Crippen LogP contribution in [0.1, 0.15) is 24.8 Å². The molecule has 1 fully saturated rings. The third kappa shape index (κ3) is 7.30. The summed E-state index contributed by atoms with van der Waals surface area (Å²) in [6, 6.07) is 9.14. The van der Waals surface area contributed by atoms with E-state index in [9.17, 15) is 13.2 Å². The Morgan fingerprint density at radius 1 is 1.22 bits per heavy atom. The van der Waals surface area contributed by atoms with Gasteiger partial charge in [-0.05, 0) is 24.9 Å². The lowest BCUT2D eigenvalue weighted by Gasteiger charge is -2.22. The molecule has 1 atom stereocenters. The van der Waals surface area contributed by atoms with Crippen LogP contribution in [0.5, 0.6) is 0 Å². The lowest BCUT2D eigenvalue weighted by Crippen LogP contribution is -2.47. The number of hydrogen-bond donors (Lipinski definition) is 3. The average Bonchev–Trinajstić information content (AvgIpc) is 2.55. The fourth-order valence-corrected chi connectivity index (χ4v) is 3.27. The van der Waals surface area contributed by atoms with Crippen molar-refractivity contribution in [1.29, 1.82) is 0 Å². The fourth-order valence-electron chi connectivity index (χ4n) is 2.37. The molecule has 0 bridgehead atoms. The van der Waals surface area contributed by atoms with E-state index < -0.39 is 10.0 Å². The van der Waals surface area contributed by atoms with Gasteiger partial charge in [-0.15, -0.1) is 12.4 Å². The highest BCUT2D eigenvalue weighted by Crippen LogP contribution is 2.06. The number of sulfonamides is 1. The minimum atomic E-state index is -3.39. The SMILES string of the molecule is Cl.O=C(NCCS(=O)(=O)NCc1ccccc1)C1CCCCN1. The van der Waals surface area contributed by atoms with Gasteiger partial charge in [-0.1, -0.05) is 36.8 Å². The number of amides is 1. The molecule has 1 aliphatic heterocycles. The summed E-state index contributed by atoms with van der Waals surface area (Å²) in [5, 5.41) is 5.82. The van der Waals surface area contributed by atoms with Crippen LogP contribution in [0.25, 0.3) is 0 Å². The van der Waals surface area contributed by atoms with Crippen molar-refractivity contribution in [2.45, 2.75) is 31.8 Å². The highest BCUT2D eigenvalue weighted by atomic mass is 35.5. The Bertz CT molecular complexity index is 575. The van der Waals surface area contributed by atoms with Crippen molar-refractivity contribution in [2.75, 3.05) is 18.8 Å². The second kappa shape index (κ2) is 9.87.